The first-order valence-corrected chi connectivity index (χ1v) is 20.0. The fraction of sp³-hybridized carbons (Fsp3) is 0.409. The minimum absolute atomic E-state index is 0. The molecule has 22 heteroatoms. The number of aromatic hydroxyl groups is 2. The van der Waals surface area contributed by atoms with Gasteiger partial charge in [0.25, 0.3) is 11.8 Å². The molecule has 0 unspecified atom stereocenters. The third-order valence-electron chi connectivity index (χ3n) is 14.0. The average molecular weight is 925 g/mol. The van der Waals surface area contributed by atoms with Gasteiger partial charge in [-0.2, -0.15) is 0 Å². The number of nitrogens with two attached hydrogens (primary N) is 2. The van der Waals surface area contributed by atoms with E-state index in [-0.39, 0.29) is 33.6 Å². The Labute approximate surface area is 374 Å². The number of rotatable bonds is 4. The minimum Gasteiger partial charge on any atom is -0.508 e. The molecule has 2 aromatic carbocycles. The molecule has 356 valence electrons. The molecule has 0 heterocycles. The van der Waals surface area contributed by atoms with Gasteiger partial charge in [-0.3, -0.25) is 38.6 Å². The summed E-state index contributed by atoms with van der Waals surface area (Å²) >= 11 is 0. The lowest BCUT2D eigenvalue weighted by molar-refractivity contribution is -0.170. The van der Waals surface area contributed by atoms with Gasteiger partial charge in [0, 0.05) is 23.0 Å². The third kappa shape index (κ3) is 6.39. The summed E-state index contributed by atoms with van der Waals surface area (Å²) in [4.78, 5) is 79.9. The van der Waals surface area contributed by atoms with E-state index < -0.39 is 151 Å². The molecule has 66 heavy (non-hydrogen) atoms. The zero-order valence-corrected chi connectivity index (χ0v) is 36.2. The van der Waals surface area contributed by atoms with Crippen LogP contribution in [-0.2, 0) is 28.8 Å². The van der Waals surface area contributed by atoms with Crippen LogP contribution in [0.3, 0.4) is 0 Å². The number of phenolic OH excluding ortho intramolecular Hbond substituents is 2. The maximum atomic E-state index is 13.7. The van der Waals surface area contributed by atoms with E-state index in [9.17, 15) is 79.8 Å². The lowest BCUT2D eigenvalue weighted by Crippen LogP contribution is -2.70. The summed E-state index contributed by atoms with van der Waals surface area (Å²) in [5.74, 6) is -17.7. The van der Waals surface area contributed by atoms with Crippen LogP contribution in [-0.4, -0.2) is 170 Å². The Morgan fingerprint density at radius 2 is 0.879 bits per heavy atom. The Balaban J connectivity index is 0.000000240. The Bertz CT molecular complexity index is 2450. The zero-order valence-electron chi connectivity index (χ0n) is 36.2. The molecule has 8 rings (SSSR count). The third-order valence-corrected chi connectivity index (χ3v) is 14.0. The Hall–Kier alpha value is -6.50. The number of ketones is 4. The van der Waals surface area contributed by atoms with Gasteiger partial charge in [0.2, 0.25) is 11.6 Å². The lowest BCUT2D eigenvalue weighted by Gasteiger charge is -2.53. The first kappa shape index (κ1) is 50.5. The molecule has 2 amide bonds. The molecular formula is C44H52N4O18. The second kappa shape index (κ2) is 16.7. The largest absolute Gasteiger partial charge is 0.508 e. The molecule has 0 aliphatic heterocycles. The summed E-state index contributed by atoms with van der Waals surface area (Å²) < 4.78 is 0. The molecule has 22 nitrogen and oxygen atoms in total. The molecule has 2 aromatic rings. The van der Waals surface area contributed by atoms with Gasteiger partial charge >= 0.3 is 0 Å². The second-order valence-corrected chi connectivity index (χ2v) is 17.6. The highest BCUT2D eigenvalue weighted by atomic mass is 16.4. The quantitative estimate of drug-likeness (QED) is 0.139. The van der Waals surface area contributed by atoms with Crippen LogP contribution in [0.5, 0.6) is 11.5 Å². The van der Waals surface area contributed by atoms with Gasteiger partial charge in [0.1, 0.15) is 45.7 Å². The van der Waals surface area contributed by atoms with Crippen molar-refractivity contribution < 1.29 is 90.8 Å². The van der Waals surface area contributed by atoms with E-state index in [1.807, 2.05) is 0 Å². The Kier molecular flexibility index (Phi) is 12.8. The summed E-state index contributed by atoms with van der Waals surface area (Å²) in [6.07, 6.45) is -3.18. The molecule has 2 fully saturated rings. The van der Waals surface area contributed by atoms with Crippen molar-refractivity contribution in [2.75, 3.05) is 28.2 Å². The molecule has 18 N–H and O–H groups in total. The highest BCUT2D eigenvalue weighted by Crippen LogP contribution is 2.58. The molecule has 6 aliphatic rings. The van der Waals surface area contributed by atoms with E-state index in [0.717, 1.165) is 0 Å². The number of aliphatic hydroxyl groups is 8. The number of fused-ring (bicyclic) bond motifs is 6. The van der Waals surface area contributed by atoms with Gasteiger partial charge in [-0.1, -0.05) is 38.1 Å². The van der Waals surface area contributed by atoms with Gasteiger partial charge in [0.15, 0.2) is 22.8 Å². The highest BCUT2D eigenvalue weighted by Gasteiger charge is 2.70. The number of carbonyl (C=O) groups excluding carboxylic acids is 6. The molecule has 0 aromatic heterocycles. The smallest absolute Gasteiger partial charge is 0.255 e. The molecule has 6 aliphatic carbocycles. The van der Waals surface area contributed by atoms with Crippen LogP contribution in [0.4, 0.5) is 0 Å². The van der Waals surface area contributed by atoms with E-state index in [2.05, 4.69) is 0 Å². The standard InChI is InChI=1S/2C22H24N2O8.2H2O/c2*1-7-8-5-4-6-9(25)11(8)16(26)12-10(7)17(27)14-15(24(2)3)18(28)13(21(23)31)20(30)22(14,32)19(12)29;;/h2*4-7,10,14-15,17,25-27,30,32H,1-3H3,(H2,23,31);2*1H2/t2*7-,10+,14+,15-,17-,22-;;/m00../s1. The number of aliphatic hydroxyl groups excluding tert-OH is 6. The number of amides is 2. The number of nitrogens with zero attached hydrogens (tertiary/aromatic N) is 2. The summed E-state index contributed by atoms with van der Waals surface area (Å²) in [5, 5.41) is 110. The maximum absolute atomic E-state index is 13.7. The summed E-state index contributed by atoms with van der Waals surface area (Å²) in [6.45, 7) is 3.35. The summed E-state index contributed by atoms with van der Waals surface area (Å²) in [5.41, 5.74) is 2.94. The van der Waals surface area contributed by atoms with Crippen molar-refractivity contribution >= 4 is 46.5 Å². The predicted molar refractivity (Wildman–Crippen MR) is 228 cm³/mol. The van der Waals surface area contributed by atoms with Gasteiger partial charge < -0.3 is 73.5 Å². The van der Waals surface area contributed by atoms with Crippen LogP contribution in [0.1, 0.15) is 47.9 Å². The highest BCUT2D eigenvalue weighted by molar-refractivity contribution is 6.26. The van der Waals surface area contributed by atoms with Crippen molar-refractivity contribution in [2.45, 2.75) is 61.2 Å². The predicted octanol–water partition coefficient (Wildman–Crippen LogP) is -2.66. The van der Waals surface area contributed by atoms with Crippen LogP contribution >= 0.6 is 0 Å². The van der Waals surface area contributed by atoms with Crippen LogP contribution in [0.15, 0.2) is 70.2 Å². The number of phenols is 2. The number of likely N-dealkylation sites (N-methyl/N-ethyl adjacent to an activating group) is 2. The average Bonchev–Trinajstić information content (AvgIpc) is 3.20. The van der Waals surface area contributed by atoms with E-state index in [0.29, 0.717) is 11.1 Å². The number of hydrogen-bond acceptors (Lipinski definition) is 18. The van der Waals surface area contributed by atoms with Gasteiger partial charge in [-0.05, 0) is 63.3 Å². The Morgan fingerprint density at radius 1 is 0.576 bits per heavy atom. The van der Waals surface area contributed by atoms with Crippen molar-refractivity contribution in [1.82, 2.24) is 9.80 Å². The summed E-state index contributed by atoms with van der Waals surface area (Å²) in [7, 11) is 5.84. The fourth-order valence-electron chi connectivity index (χ4n) is 11.2. The Morgan fingerprint density at radius 3 is 1.15 bits per heavy atom. The molecule has 0 bridgehead atoms. The molecule has 12 atom stereocenters. The van der Waals surface area contributed by atoms with E-state index in [1.165, 1.54) is 50.1 Å². The topological polar surface area (TPSA) is 426 Å². The van der Waals surface area contributed by atoms with Gasteiger partial charge in [0.05, 0.1) is 47.3 Å². The van der Waals surface area contributed by atoms with Gasteiger partial charge in [-0.25, -0.2) is 0 Å². The fourth-order valence-corrected chi connectivity index (χ4v) is 11.2. The van der Waals surface area contributed by atoms with Crippen molar-refractivity contribution in [1.29, 1.82) is 0 Å². The van der Waals surface area contributed by atoms with Crippen molar-refractivity contribution in [3.63, 3.8) is 0 Å². The number of Topliss-reactive ketones (excluding diaryl/α,β-unsaturated/α-hetero) is 4. The number of benzene rings is 2. The molecule has 0 radical (unpaired) electrons. The minimum atomic E-state index is -2.89. The first-order chi connectivity index (χ1) is 29.7. The molecule has 0 spiro atoms. The van der Waals surface area contributed by atoms with Crippen LogP contribution in [0.2, 0.25) is 0 Å². The SMILES string of the molecule is C[C@H]1c2cccc(O)c2C(O)=C2C(=O)[C@]3(O)C(O)=C(C(N)=O)C(=O)[C@@H](N(C)C)[C@@H]3[C@@H](O)[C@@H]21.C[C@H]1c2cccc(O)c2C(O)=C2C(=O)[C@]3(O)C(O)=C(C(N)=O)C(=O)[C@@H](N(C)C)[C@@H]3[C@@H](O)[C@@H]21.O.O. The first-order valence-electron chi connectivity index (χ1n) is 20.0. The van der Waals surface area contributed by atoms with Crippen LogP contribution < -0.4 is 11.5 Å². The zero-order chi connectivity index (χ0) is 47.7. The van der Waals surface area contributed by atoms with Crippen molar-refractivity contribution in [2.24, 2.45) is 35.1 Å². The monoisotopic (exact) mass is 924 g/mol. The normalized spacial score (nSPS) is 33.3. The van der Waals surface area contributed by atoms with E-state index in [4.69, 9.17) is 11.5 Å². The van der Waals surface area contributed by atoms with Crippen molar-refractivity contribution in [3.05, 3.63) is 92.5 Å². The lowest BCUT2D eigenvalue weighted by atomic mass is 9.54. The maximum Gasteiger partial charge on any atom is 0.255 e. The number of carbonyl (C=O) groups is 6. The summed E-state index contributed by atoms with van der Waals surface area (Å²) in [6, 6.07) is 6.26. The van der Waals surface area contributed by atoms with Crippen LogP contribution in [0.25, 0.3) is 11.5 Å². The number of hydrogen-bond donors (Lipinski definition) is 12. The number of primary amides is 2. The van der Waals surface area contributed by atoms with Crippen molar-refractivity contribution in [3.8, 4) is 11.5 Å². The second-order valence-electron chi connectivity index (χ2n) is 17.6. The van der Waals surface area contributed by atoms with Crippen LogP contribution in [0, 0.1) is 23.7 Å². The van der Waals surface area contributed by atoms with E-state index >= 15 is 0 Å². The molecular weight excluding hydrogens is 872 g/mol. The molecule has 2 saturated carbocycles. The molecule has 0 saturated heterocycles. The van der Waals surface area contributed by atoms with E-state index in [1.54, 1.807) is 38.1 Å². The van der Waals surface area contributed by atoms with Gasteiger partial charge in [-0.15, -0.1) is 0 Å².